The number of ether oxygens (including phenoxy) is 1. The lowest BCUT2D eigenvalue weighted by Gasteiger charge is -2.05. The maximum absolute atomic E-state index is 13.2. The summed E-state index contributed by atoms with van der Waals surface area (Å²) in [6.07, 6.45) is 0. The van der Waals surface area contributed by atoms with E-state index in [1.165, 1.54) is 7.11 Å². The first kappa shape index (κ1) is 11.1. The molecule has 1 aromatic carbocycles. The molecule has 0 aliphatic rings. The summed E-state index contributed by atoms with van der Waals surface area (Å²) in [7, 11) is 1.21. The van der Waals surface area contributed by atoms with E-state index in [1.807, 2.05) is 0 Å². The van der Waals surface area contributed by atoms with Crippen LogP contribution in [0.1, 0.15) is 17.3 Å². The number of hydrogen-bond acceptors (Lipinski definition) is 4. The smallest absolute Gasteiger partial charge is 0.324 e. The number of halogens is 1. The topological polar surface area (TPSA) is 69.4 Å². The molecule has 0 aliphatic heterocycles. The van der Waals surface area contributed by atoms with Gasteiger partial charge in [-0.1, -0.05) is 0 Å². The highest BCUT2D eigenvalue weighted by Crippen LogP contribution is 2.32. The largest absolute Gasteiger partial charge is 0.490 e. The van der Waals surface area contributed by atoms with Crippen molar-refractivity contribution in [3.8, 4) is 5.75 Å². The summed E-state index contributed by atoms with van der Waals surface area (Å²) < 4.78 is 17.9. The van der Waals surface area contributed by atoms with Crippen molar-refractivity contribution >= 4 is 11.5 Å². The molecule has 0 bridgehead atoms. The number of carbonyl (C=O) groups is 1. The summed E-state index contributed by atoms with van der Waals surface area (Å²) in [6, 6.07) is 2.07. The SMILES string of the molecule is COc1ccc(F)c(C(C)=O)c1[N+](=O)[O-]. The number of carbonyl (C=O) groups excluding carboxylic acids is 1. The van der Waals surface area contributed by atoms with Crippen LogP contribution < -0.4 is 4.74 Å². The molecule has 15 heavy (non-hydrogen) atoms. The molecular weight excluding hydrogens is 205 g/mol. The molecule has 0 N–H and O–H groups in total. The predicted octanol–water partition coefficient (Wildman–Crippen LogP) is 1.95. The molecule has 0 atom stereocenters. The van der Waals surface area contributed by atoms with E-state index in [0.29, 0.717) is 0 Å². The Morgan fingerprint density at radius 2 is 2.13 bits per heavy atom. The molecule has 0 radical (unpaired) electrons. The van der Waals surface area contributed by atoms with Crippen molar-refractivity contribution in [2.75, 3.05) is 7.11 Å². The number of ketones is 1. The molecule has 0 unspecified atom stereocenters. The zero-order chi connectivity index (χ0) is 11.6. The van der Waals surface area contributed by atoms with E-state index in [0.717, 1.165) is 19.1 Å². The average Bonchev–Trinajstić information content (AvgIpc) is 2.16. The van der Waals surface area contributed by atoms with E-state index in [1.54, 1.807) is 0 Å². The van der Waals surface area contributed by atoms with Crippen LogP contribution in [0.4, 0.5) is 10.1 Å². The van der Waals surface area contributed by atoms with Crippen LogP contribution in [0.3, 0.4) is 0 Å². The van der Waals surface area contributed by atoms with Gasteiger partial charge >= 0.3 is 5.69 Å². The summed E-state index contributed by atoms with van der Waals surface area (Å²) in [4.78, 5) is 20.9. The fourth-order valence-electron chi connectivity index (χ4n) is 1.23. The molecule has 0 aliphatic carbocycles. The van der Waals surface area contributed by atoms with E-state index >= 15 is 0 Å². The Bertz CT molecular complexity index is 430. The van der Waals surface area contributed by atoms with Crippen molar-refractivity contribution < 1.29 is 18.8 Å². The van der Waals surface area contributed by atoms with Gasteiger partial charge < -0.3 is 4.74 Å². The van der Waals surface area contributed by atoms with Gasteiger partial charge in [0.25, 0.3) is 0 Å². The van der Waals surface area contributed by atoms with Crippen molar-refractivity contribution in [2.24, 2.45) is 0 Å². The third-order valence-corrected chi connectivity index (χ3v) is 1.84. The Morgan fingerprint density at radius 1 is 1.53 bits per heavy atom. The molecule has 6 heteroatoms. The summed E-state index contributed by atoms with van der Waals surface area (Å²) in [6.45, 7) is 1.06. The molecule has 0 amide bonds. The van der Waals surface area contributed by atoms with Crippen LogP contribution >= 0.6 is 0 Å². The van der Waals surface area contributed by atoms with Crippen LogP contribution in [0, 0.1) is 15.9 Å². The van der Waals surface area contributed by atoms with E-state index in [-0.39, 0.29) is 5.75 Å². The maximum Gasteiger partial charge on any atom is 0.324 e. The van der Waals surface area contributed by atoms with Gasteiger partial charge in [0, 0.05) is 0 Å². The molecule has 0 spiro atoms. The second-order valence-electron chi connectivity index (χ2n) is 2.79. The number of nitrogens with zero attached hydrogens (tertiary/aromatic N) is 1. The van der Waals surface area contributed by atoms with Crippen molar-refractivity contribution in [3.63, 3.8) is 0 Å². The van der Waals surface area contributed by atoms with E-state index in [4.69, 9.17) is 4.74 Å². The van der Waals surface area contributed by atoms with Crippen LogP contribution in [0.5, 0.6) is 5.75 Å². The molecule has 1 aromatic rings. The van der Waals surface area contributed by atoms with Crippen LogP contribution in [0.2, 0.25) is 0 Å². The molecule has 5 nitrogen and oxygen atoms in total. The summed E-state index contributed by atoms with van der Waals surface area (Å²) in [5, 5.41) is 10.7. The third kappa shape index (κ3) is 1.93. The van der Waals surface area contributed by atoms with Crippen molar-refractivity contribution in [1.29, 1.82) is 0 Å². The van der Waals surface area contributed by atoms with Crippen LogP contribution in [-0.2, 0) is 0 Å². The first-order valence-corrected chi connectivity index (χ1v) is 4.00. The van der Waals surface area contributed by atoms with Gasteiger partial charge in [0.15, 0.2) is 11.5 Å². The summed E-state index contributed by atoms with van der Waals surface area (Å²) in [5.41, 5.74) is -1.19. The minimum Gasteiger partial charge on any atom is -0.490 e. The molecule has 0 saturated carbocycles. The van der Waals surface area contributed by atoms with Crippen LogP contribution in [0.15, 0.2) is 12.1 Å². The average molecular weight is 213 g/mol. The minimum absolute atomic E-state index is 0.133. The fourth-order valence-corrected chi connectivity index (χ4v) is 1.23. The minimum atomic E-state index is -0.921. The van der Waals surface area contributed by atoms with Crippen molar-refractivity contribution in [1.82, 2.24) is 0 Å². The Balaban J connectivity index is 3.58. The lowest BCUT2D eigenvalue weighted by Crippen LogP contribution is -2.05. The summed E-state index contributed by atoms with van der Waals surface area (Å²) in [5.74, 6) is -1.76. The molecular formula is C9H8FNO4. The zero-order valence-electron chi connectivity index (χ0n) is 8.11. The van der Waals surface area contributed by atoms with Gasteiger partial charge in [0.2, 0.25) is 0 Å². The molecule has 0 aromatic heterocycles. The second kappa shape index (κ2) is 4.04. The molecule has 0 heterocycles. The van der Waals surface area contributed by atoms with Gasteiger partial charge in [-0.25, -0.2) is 4.39 Å². The monoisotopic (exact) mass is 213 g/mol. The number of methoxy groups -OCH3 is 1. The first-order chi connectivity index (χ1) is 6.99. The maximum atomic E-state index is 13.2. The fraction of sp³-hybridized carbons (Fsp3) is 0.222. The van der Waals surface area contributed by atoms with Gasteiger partial charge in [-0.2, -0.15) is 0 Å². The van der Waals surface area contributed by atoms with Gasteiger partial charge in [-0.15, -0.1) is 0 Å². The zero-order valence-corrected chi connectivity index (χ0v) is 8.11. The van der Waals surface area contributed by atoms with E-state index < -0.39 is 27.8 Å². The van der Waals surface area contributed by atoms with Crippen molar-refractivity contribution in [3.05, 3.63) is 33.6 Å². The Morgan fingerprint density at radius 3 is 2.53 bits per heavy atom. The van der Waals surface area contributed by atoms with Crippen LogP contribution in [-0.4, -0.2) is 17.8 Å². The number of rotatable bonds is 3. The number of Topliss-reactive ketones (excluding diaryl/α,β-unsaturated/α-hetero) is 1. The molecule has 80 valence electrons. The summed E-state index contributed by atoms with van der Waals surface area (Å²) >= 11 is 0. The number of hydrogen-bond donors (Lipinski definition) is 0. The predicted molar refractivity (Wildman–Crippen MR) is 49.6 cm³/mol. The Labute approximate surface area is 84.6 Å². The van der Waals surface area contributed by atoms with Gasteiger partial charge in [0.05, 0.1) is 12.0 Å². The van der Waals surface area contributed by atoms with Gasteiger partial charge in [-0.3, -0.25) is 14.9 Å². The highest BCUT2D eigenvalue weighted by atomic mass is 19.1. The number of benzene rings is 1. The van der Waals surface area contributed by atoms with E-state index in [2.05, 4.69) is 0 Å². The molecule has 0 saturated heterocycles. The lowest BCUT2D eigenvalue weighted by molar-refractivity contribution is -0.386. The van der Waals surface area contributed by atoms with Crippen molar-refractivity contribution in [2.45, 2.75) is 6.92 Å². The Kier molecular flexibility index (Phi) is 2.99. The number of nitro groups is 1. The Hall–Kier alpha value is -1.98. The van der Waals surface area contributed by atoms with E-state index in [9.17, 15) is 19.3 Å². The number of nitro benzene ring substituents is 1. The highest BCUT2D eigenvalue weighted by Gasteiger charge is 2.27. The quantitative estimate of drug-likeness (QED) is 0.437. The first-order valence-electron chi connectivity index (χ1n) is 4.00. The van der Waals surface area contributed by atoms with Gasteiger partial charge in [-0.05, 0) is 19.1 Å². The standard InChI is InChI=1S/C9H8FNO4/c1-5(12)8-6(10)3-4-7(15-2)9(8)11(13)14/h3-4H,1-2H3. The molecule has 1 rings (SSSR count). The van der Waals surface area contributed by atoms with Crippen LogP contribution in [0.25, 0.3) is 0 Å². The normalized spacial score (nSPS) is 9.80. The molecule has 0 fully saturated rings. The van der Waals surface area contributed by atoms with Gasteiger partial charge in [0.1, 0.15) is 11.4 Å². The highest BCUT2D eigenvalue weighted by molar-refractivity contribution is 5.99. The lowest BCUT2D eigenvalue weighted by atomic mass is 10.1. The second-order valence-corrected chi connectivity index (χ2v) is 2.79. The third-order valence-electron chi connectivity index (χ3n) is 1.84.